The molecule has 0 saturated heterocycles. The number of pyridine rings is 1. The normalized spacial score (nSPS) is 10.5. The molecule has 5 nitrogen and oxygen atoms in total. The van der Waals surface area contributed by atoms with Gasteiger partial charge in [-0.3, -0.25) is 9.78 Å². The Morgan fingerprint density at radius 3 is 2.64 bits per heavy atom. The lowest BCUT2D eigenvalue weighted by Gasteiger charge is -2.12. The van der Waals surface area contributed by atoms with Gasteiger partial charge in [0.25, 0.3) is 5.91 Å². The summed E-state index contributed by atoms with van der Waals surface area (Å²) in [4.78, 5) is 17.1. The van der Waals surface area contributed by atoms with Crippen LogP contribution in [0.3, 0.4) is 0 Å². The summed E-state index contributed by atoms with van der Waals surface area (Å²) in [6.45, 7) is 3.25. The Morgan fingerprint density at radius 1 is 1.11 bits per heavy atom. The molecule has 28 heavy (non-hydrogen) atoms. The van der Waals surface area contributed by atoms with E-state index in [4.69, 9.17) is 16.3 Å². The number of carbonyl (C=O) groups is 1. The first-order chi connectivity index (χ1) is 13.6. The van der Waals surface area contributed by atoms with Crippen LogP contribution in [-0.4, -0.2) is 31.2 Å². The third-order valence-corrected chi connectivity index (χ3v) is 4.60. The van der Waals surface area contributed by atoms with Crippen molar-refractivity contribution in [1.82, 2.24) is 4.98 Å². The minimum atomic E-state index is -0.171. The van der Waals surface area contributed by atoms with Crippen molar-refractivity contribution in [2.24, 2.45) is 0 Å². The summed E-state index contributed by atoms with van der Waals surface area (Å²) in [7, 11) is 1.66. The van der Waals surface area contributed by atoms with Crippen molar-refractivity contribution in [3.8, 4) is 11.3 Å². The molecule has 2 N–H and O–H groups in total. The van der Waals surface area contributed by atoms with Gasteiger partial charge in [0.1, 0.15) is 0 Å². The van der Waals surface area contributed by atoms with E-state index in [2.05, 4.69) is 15.6 Å². The number of amides is 1. The summed E-state index contributed by atoms with van der Waals surface area (Å²) in [5.74, 6) is -0.171. The van der Waals surface area contributed by atoms with Crippen molar-refractivity contribution in [3.05, 3.63) is 76.9 Å². The molecular formula is C22H22ClN3O2. The monoisotopic (exact) mass is 395 g/mol. The topological polar surface area (TPSA) is 63.2 Å². The Balaban J connectivity index is 1.76. The zero-order chi connectivity index (χ0) is 19.9. The molecule has 3 rings (SSSR count). The van der Waals surface area contributed by atoms with Gasteiger partial charge in [-0.25, -0.2) is 0 Å². The van der Waals surface area contributed by atoms with Gasteiger partial charge in [-0.15, -0.1) is 0 Å². The van der Waals surface area contributed by atoms with Crippen LogP contribution in [0, 0.1) is 6.92 Å². The SMILES string of the molecule is COCCNc1ccc(C(=O)Nc2ccc(Cl)c(-c3ccccn3)c2)c(C)c1. The van der Waals surface area contributed by atoms with Crippen LogP contribution in [0.4, 0.5) is 11.4 Å². The van der Waals surface area contributed by atoms with Crippen LogP contribution in [-0.2, 0) is 4.74 Å². The molecule has 144 valence electrons. The van der Waals surface area contributed by atoms with Gasteiger partial charge in [0.15, 0.2) is 0 Å². The fourth-order valence-electron chi connectivity index (χ4n) is 2.85. The van der Waals surface area contributed by atoms with Gasteiger partial charge in [-0.1, -0.05) is 17.7 Å². The van der Waals surface area contributed by atoms with Gasteiger partial charge in [-0.05, 0) is 61.0 Å². The second-order valence-corrected chi connectivity index (χ2v) is 6.72. The number of benzene rings is 2. The van der Waals surface area contributed by atoms with E-state index in [-0.39, 0.29) is 5.91 Å². The first-order valence-electron chi connectivity index (χ1n) is 8.94. The molecular weight excluding hydrogens is 374 g/mol. The maximum absolute atomic E-state index is 12.7. The molecule has 6 heteroatoms. The van der Waals surface area contributed by atoms with Crippen LogP contribution in [0.15, 0.2) is 60.8 Å². The first-order valence-corrected chi connectivity index (χ1v) is 9.32. The Labute approximate surface area is 169 Å². The number of halogens is 1. The smallest absolute Gasteiger partial charge is 0.255 e. The summed E-state index contributed by atoms with van der Waals surface area (Å²) in [6.07, 6.45) is 1.71. The number of aryl methyl sites for hydroxylation is 1. The van der Waals surface area contributed by atoms with Crippen molar-refractivity contribution in [1.29, 1.82) is 0 Å². The highest BCUT2D eigenvalue weighted by atomic mass is 35.5. The van der Waals surface area contributed by atoms with Crippen molar-refractivity contribution in [2.45, 2.75) is 6.92 Å². The summed E-state index contributed by atoms with van der Waals surface area (Å²) in [5, 5.41) is 6.78. The van der Waals surface area contributed by atoms with E-state index in [1.54, 1.807) is 25.4 Å². The number of nitrogens with one attached hydrogen (secondary N) is 2. The minimum absolute atomic E-state index is 0.171. The van der Waals surface area contributed by atoms with Crippen LogP contribution < -0.4 is 10.6 Å². The highest BCUT2D eigenvalue weighted by Gasteiger charge is 2.12. The summed E-state index contributed by atoms with van der Waals surface area (Å²) in [6, 6.07) is 16.7. The lowest BCUT2D eigenvalue weighted by Crippen LogP contribution is -2.14. The van der Waals surface area contributed by atoms with Gasteiger partial charge >= 0.3 is 0 Å². The van der Waals surface area contributed by atoms with Crippen molar-refractivity contribution >= 4 is 28.9 Å². The van der Waals surface area contributed by atoms with Gasteiger partial charge in [0.05, 0.1) is 17.3 Å². The van der Waals surface area contributed by atoms with Crippen LogP contribution in [0.1, 0.15) is 15.9 Å². The molecule has 0 saturated carbocycles. The average Bonchev–Trinajstić information content (AvgIpc) is 2.70. The fraction of sp³-hybridized carbons (Fsp3) is 0.182. The molecule has 0 atom stereocenters. The number of hydrogen-bond acceptors (Lipinski definition) is 4. The molecule has 0 radical (unpaired) electrons. The van der Waals surface area contributed by atoms with E-state index in [0.717, 1.165) is 22.5 Å². The molecule has 0 unspecified atom stereocenters. The third-order valence-electron chi connectivity index (χ3n) is 4.27. The van der Waals surface area contributed by atoms with E-state index in [1.165, 1.54) is 0 Å². The molecule has 1 amide bonds. The van der Waals surface area contributed by atoms with E-state index in [9.17, 15) is 4.79 Å². The lowest BCUT2D eigenvalue weighted by molar-refractivity contribution is 0.102. The number of ether oxygens (including phenoxy) is 1. The quantitative estimate of drug-likeness (QED) is 0.551. The number of methoxy groups -OCH3 is 1. The molecule has 0 spiro atoms. The number of carbonyl (C=O) groups excluding carboxylic acids is 1. The highest BCUT2D eigenvalue weighted by molar-refractivity contribution is 6.33. The van der Waals surface area contributed by atoms with E-state index in [1.807, 2.05) is 49.4 Å². The van der Waals surface area contributed by atoms with E-state index in [0.29, 0.717) is 29.4 Å². The number of hydrogen-bond donors (Lipinski definition) is 2. The lowest BCUT2D eigenvalue weighted by atomic mass is 10.1. The second kappa shape index (κ2) is 9.35. The predicted molar refractivity (Wildman–Crippen MR) is 114 cm³/mol. The zero-order valence-corrected chi connectivity index (χ0v) is 16.6. The molecule has 1 heterocycles. The predicted octanol–water partition coefficient (Wildman–Crippen LogP) is 5.02. The fourth-order valence-corrected chi connectivity index (χ4v) is 3.06. The largest absolute Gasteiger partial charge is 0.383 e. The van der Waals surface area contributed by atoms with Crippen LogP contribution in [0.2, 0.25) is 5.02 Å². The average molecular weight is 396 g/mol. The summed E-state index contributed by atoms with van der Waals surface area (Å²) >= 11 is 6.31. The second-order valence-electron chi connectivity index (χ2n) is 6.31. The van der Waals surface area contributed by atoms with Gasteiger partial charge in [0.2, 0.25) is 0 Å². The molecule has 0 bridgehead atoms. The van der Waals surface area contributed by atoms with Crippen LogP contribution in [0.5, 0.6) is 0 Å². The zero-order valence-electron chi connectivity index (χ0n) is 15.8. The highest BCUT2D eigenvalue weighted by Crippen LogP contribution is 2.29. The van der Waals surface area contributed by atoms with Crippen LogP contribution >= 0.6 is 11.6 Å². The standard InChI is InChI=1S/C22H22ClN3O2/c1-15-13-16(24-11-12-28-2)6-8-18(15)22(27)26-17-7-9-20(23)19(14-17)21-5-3-4-10-25-21/h3-10,13-14,24H,11-12H2,1-2H3,(H,26,27). The minimum Gasteiger partial charge on any atom is -0.383 e. The van der Waals surface area contributed by atoms with Crippen LogP contribution in [0.25, 0.3) is 11.3 Å². The molecule has 3 aromatic rings. The summed E-state index contributed by atoms with van der Waals surface area (Å²) in [5.41, 5.74) is 4.65. The Kier molecular flexibility index (Phi) is 6.63. The Morgan fingerprint density at radius 2 is 1.93 bits per heavy atom. The maximum atomic E-state index is 12.7. The summed E-state index contributed by atoms with van der Waals surface area (Å²) < 4.78 is 5.03. The van der Waals surface area contributed by atoms with Crippen molar-refractivity contribution in [3.63, 3.8) is 0 Å². The number of anilines is 2. The number of nitrogens with zero attached hydrogens (tertiary/aromatic N) is 1. The van der Waals surface area contributed by atoms with E-state index < -0.39 is 0 Å². The Hall–Kier alpha value is -2.89. The third kappa shape index (κ3) is 4.88. The van der Waals surface area contributed by atoms with Gasteiger partial charge in [0, 0.05) is 42.4 Å². The van der Waals surface area contributed by atoms with Crippen molar-refractivity contribution < 1.29 is 9.53 Å². The Bertz CT molecular complexity index is 961. The molecule has 0 aliphatic carbocycles. The molecule has 1 aromatic heterocycles. The first kappa shape index (κ1) is 19.9. The molecule has 0 aliphatic heterocycles. The van der Waals surface area contributed by atoms with E-state index >= 15 is 0 Å². The van der Waals surface area contributed by atoms with Gasteiger partial charge < -0.3 is 15.4 Å². The molecule has 2 aromatic carbocycles. The molecule has 0 fully saturated rings. The van der Waals surface area contributed by atoms with Gasteiger partial charge in [-0.2, -0.15) is 0 Å². The van der Waals surface area contributed by atoms with Crippen molar-refractivity contribution in [2.75, 3.05) is 30.9 Å². The molecule has 0 aliphatic rings. The maximum Gasteiger partial charge on any atom is 0.255 e. The number of aromatic nitrogens is 1. The number of rotatable bonds is 7.